The zero-order chi connectivity index (χ0) is 18.0. The first-order valence-electron chi connectivity index (χ1n) is 7.54. The van der Waals surface area contributed by atoms with Crippen LogP contribution in [-0.4, -0.2) is 22.7 Å². The summed E-state index contributed by atoms with van der Waals surface area (Å²) >= 11 is 0. The van der Waals surface area contributed by atoms with Crippen molar-refractivity contribution < 1.29 is 26.9 Å². The number of alkyl halides is 3. The van der Waals surface area contributed by atoms with Crippen molar-refractivity contribution in [1.29, 1.82) is 0 Å². The predicted molar refractivity (Wildman–Crippen MR) is 77.7 cm³/mol. The lowest BCUT2D eigenvalue weighted by Gasteiger charge is -2.08. The first kappa shape index (κ1) is 17.2. The summed E-state index contributed by atoms with van der Waals surface area (Å²) in [4.78, 5) is 14.8. The van der Waals surface area contributed by atoms with Gasteiger partial charge in [-0.15, -0.1) is 0 Å². The molecule has 3 rings (SSSR count). The van der Waals surface area contributed by atoms with Gasteiger partial charge in [-0.2, -0.15) is 18.2 Å². The fourth-order valence-electron chi connectivity index (χ4n) is 2.08. The molecule has 2 aromatic rings. The van der Waals surface area contributed by atoms with Crippen LogP contribution >= 0.6 is 0 Å². The number of rotatable bonds is 5. The van der Waals surface area contributed by atoms with Crippen LogP contribution in [0.2, 0.25) is 0 Å². The SMILES string of the molecule is O=C(NCc1ccc(-c2noc(C(F)(F)F)n2)cc1F)NCC1CC1. The number of hydrogen-bond acceptors (Lipinski definition) is 4. The summed E-state index contributed by atoms with van der Waals surface area (Å²) in [5.41, 5.74) is 0.226. The van der Waals surface area contributed by atoms with E-state index in [4.69, 9.17) is 0 Å². The van der Waals surface area contributed by atoms with Crippen molar-refractivity contribution >= 4 is 6.03 Å². The Morgan fingerprint density at radius 1 is 1.28 bits per heavy atom. The Hall–Kier alpha value is -2.65. The van der Waals surface area contributed by atoms with Gasteiger partial charge in [-0.05, 0) is 24.8 Å². The summed E-state index contributed by atoms with van der Waals surface area (Å²) in [6.07, 6.45) is -2.56. The van der Waals surface area contributed by atoms with Gasteiger partial charge in [-0.25, -0.2) is 9.18 Å². The average molecular weight is 358 g/mol. The lowest BCUT2D eigenvalue weighted by atomic mass is 10.1. The van der Waals surface area contributed by atoms with Gasteiger partial charge in [0.05, 0.1) is 0 Å². The Morgan fingerprint density at radius 3 is 2.64 bits per heavy atom. The maximum Gasteiger partial charge on any atom is 0.471 e. The molecular formula is C15H14F4N4O2. The van der Waals surface area contributed by atoms with Gasteiger partial charge in [0.2, 0.25) is 5.82 Å². The molecule has 1 saturated carbocycles. The number of halogens is 4. The molecule has 0 atom stereocenters. The van der Waals surface area contributed by atoms with E-state index in [9.17, 15) is 22.4 Å². The fourth-order valence-corrected chi connectivity index (χ4v) is 2.08. The first-order valence-corrected chi connectivity index (χ1v) is 7.54. The number of benzene rings is 1. The zero-order valence-electron chi connectivity index (χ0n) is 12.9. The summed E-state index contributed by atoms with van der Waals surface area (Å²) in [5, 5.41) is 8.39. The molecule has 0 saturated heterocycles. The van der Waals surface area contributed by atoms with Crippen LogP contribution in [0.1, 0.15) is 24.3 Å². The van der Waals surface area contributed by atoms with Gasteiger partial charge in [0.15, 0.2) is 0 Å². The van der Waals surface area contributed by atoms with Crippen molar-refractivity contribution in [3.05, 3.63) is 35.5 Å². The standard InChI is InChI=1S/C15H14F4N4O2/c16-11-5-9(12-22-13(25-23-12)15(17,18)19)3-4-10(11)7-21-14(24)20-6-8-1-2-8/h3-5,8H,1-2,6-7H2,(H2,20,21,24). The molecule has 1 aliphatic carbocycles. The Kier molecular flexibility index (Phi) is 4.60. The molecule has 10 heteroatoms. The van der Waals surface area contributed by atoms with E-state index in [-0.39, 0.29) is 23.5 Å². The number of hydrogen-bond donors (Lipinski definition) is 2. The summed E-state index contributed by atoms with van der Waals surface area (Å²) in [6, 6.07) is 3.29. The quantitative estimate of drug-likeness (QED) is 0.805. The van der Waals surface area contributed by atoms with E-state index in [0.717, 1.165) is 18.9 Å². The minimum Gasteiger partial charge on any atom is -0.338 e. The van der Waals surface area contributed by atoms with Crippen molar-refractivity contribution in [3.63, 3.8) is 0 Å². The predicted octanol–water partition coefficient (Wildman–Crippen LogP) is 3.10. The van der Waals surface area contributed by atoms with Crippen molar-refractivity contribution in [2.45, 2.75) is 25.6 Å². The highest BCUT2D eigenvalue weighted by atomic mass is 19.4. The van der Waals surface area contributed by atoms with Crippen molar-refractivity contribution in [2.75, 3.05) is 6.54 Å². The monoisotopic (exact) mass is 358 g/mol. The van der Waals surface area contributed by atoms with Crippen LogP contribution in [0.4, 0.5) is 22.4 Å². The summed E-state index contributed by atoms with van der Waals surface area (Å²) in [5.74, 6) is -2.04. The van der Waals surface area contributed by atoms with Gasteiger partial charge in [0.1, 0.15) is 5.82 Å². The molecule has 1 aromatic heterocycles. The molecule has 25 heavy (non-hydrogen) atoms. The molecule has 0 radical (unpaired) electrons. The van der Waals surface area contributed by atoms with Crippen LogP contribution < -0.4 is 10.6 Å². The zero-order valence-corrected chi connectivity index (χ0v) is 12.9. The van der Waals surface area contributed by atoms with E-state index in [0.29, 0.717) is 12.5 Å². The first-order chi connectivity index (χ1) is 11.8. The Bertz CT molecular complexity index is 771. The van der Waals surface area contributed by atoms with Crippen LogP contribution in [0.25, 0.3) is 11.4 Å². The van der Waals surface area contributed by atoms with Crippen LogP contribution in [-0.2, 0) is 12.7 Å². The molecule has 2 amide bonds. The second kappa shape index (κ2) is 6.69. The van der Waals surface area contributed by atoms with Gasteiger partial charge in [0, 0.05) is 24.2 Å². The third-order valence-electron chi connectivity index (χ3n) is 3.67. The Morgan fingerprint density at radius 2 is 2.04 bits per heavy atom. The molecule has 0 aliphatic heterocycles. The Balaban J connectivity index is 1.62. The van der Waals surface area contributed by atoms with E-state index in [1.54, 1.807) is 0 Å². The van der Waals surface area contributed by atoms with Crippen LogP contribution in [0.3, 0.4) is 0 Å². The molecule has 1 aromatic carbocycles. The number of aromatic nitrogens is 2. The fraction of sp³-hybridized carbons (Fsp3) is 0.400. The highest BCUT2D eigenvalue weighted by Gasteiger charge is 2.38. The Labute approximate surface area is 139 Å². The van der Waals surface area contributed by atoms with E-state index in [1.165, 1.54) is 12.1 Å². The van der Waals surface area contributed by atoms with E-state index in [2.05, 4.69) is 25.3 Å². The summed E-state index contributed by atoms with van der Waals surface area (Å²) in [6.45, 7) is 0.537. The molecule has 1 heterocycles. The van der Waals surface area contributed by atoms with E-state index in [1.807, 2.05) is 0 Å². The molecule has 1 aliphatic rings. The second-order valence-corrected chi connectivity index (χ2v) is 5.73. The van der Waals surface area contributed by atoms with E-state index < -0.39 is 23.9 Å². The van der Waals surface area contributed by atoms with Crippen LogP contribution in [0.15, 0.2) is 22.7 Å². The number of urea groups is 1. The topological polar surface area (TPSA) is 80.1 Å². The summed E-state index contributed by atoms with van der Waals surface area (Å²) < 4.78 is 55.5. The largest absolute Gasteiger partial charge is 0.471 e. The molecule has 0 spiro atoms. The summed E-state index contributed by atoms with van der Waals surface area (Å²) in [7, 11) is 0. The third kappa shape index (κ3) is 4.46. The smallest absolute Gasteiger partial charge is 0.338 e. The van der Waals surface area contributed by atoms with Gasteiger partial charge >= 0.3 is 18.1 Å². The van der Waals surface area contributed by atoms with Gasteiger partial charge < -0.3 is 15.2 Å². The number of carbonyl (C=O) groups is 1. The molecule has 2 N–H and O–H groups in total. The normalized spacial score (nSPS) is 14.4. The maximum absolute atomic E-state index is 14.1. The van der Waals surface area contributed by atoms with Gasteiger partial charge in [-0.1, -0.05) is 17.3 Å². The molecule has 0 bridgehead atoms. The lowest BCUT2D eigenvalue weighted by molar-refractivity contribution is -0.159. The number of carbonyl (C=O) groups excluding carboxylic acids is 1. The van der Waals surface area contributed by atoms with Crippen LogP contribution in [0, 0.1) is 11.7 Å². The van der Waals surface area contributed by atoms with Gasteiger partial charge in [-0.3, -0.25) is 0 Å². The van der Waals surface area contributed by atoms with E-state index >= 15 is 0 Å². The highest BCUT2D eigenvalue weighted by Crippen LogP contribution is 2.30. The average Bonchev–Trinajstić information content (AvgIpc) is 3.23. The van der Waals surface area contributed by atoms with Gasteiger partial charge in [0.25, 0.3) is 0 Å². The number of amides is 2. The third-order valence-corrected chi connectivity index (χ3v) is 3.67. The maximum atomic E-state index is 14.1. The highest BCUT2D eigenvalue weighted by molar-refractivity contribution is 5.73. The molecular weight excluding hydrogens is 344 g/mol. The van der Waals surface area contributed by atoms with Crippen molar-refractivity contribution in [3.8, 4) is 11.4 Å². The van der Waals surface area contributed by atoms with Crippen molar-refractivity contribution in [1.82, 2.24) is 20.8 Å². The molecule has 134 valence electrons. The minimum atomic E-state index is -4.76. The lowest BCUT2D eigenvalue weighted by Crippen LogP contribution is -2.36. The number of nitrogens with zero attached hydrogens (tertiary/aromatic N) is 2. The number of nitrogens with one attached hydrogen (secondary N) is 2. The molecule has 1 fully saturated rings. The molecule has 0 unspecified atom stereocenters. The minimum absolute atomic E-state index is 0.0404. The van der Waals surface area contributed by atoms with Crippen LogP contribution in [0.5, 0.6) is 0 Å². The second-order valence-electron chi connectivity index (χ2n) is 5.73. The molecule has 6 nitrogen and oxygen atoms in total. The van der Waals surface area contributed by atoms with Crippen molar-refractivity contribution in [2.24, 2.45) is 5.92 Å².